The standard InChI is InChI=1S/C30H43NO2.C5H9NO.C5H12/c1-7-21-8-10-22(11-9-21)19-31-28(32)27-13-12-24(33-27)17-23-18-26-25(16-20(23)2)29(3,4)14-15-30(26,5)6;1-4(2)6-5(3)7;1-5(2,3)4/h12-13,16,18,21-22H,7-11,14-15,17,19H2,1-6H3,(H,31,32);1-3H3;1-4H3. The summed E-state index contributed by atoms with van der Waals surface area (Å²) in [4.78, 5) is 26.3. The fraction of sp³-hybridized carbons (Fsp3) is 0.675. The number of amides is 2. The van der Waals surface area contributed by atoms with Crippen molar-refractivity contribution in [2.75, 3.05) is 6.54 Å². The molecular formula is C40H64N2O3. The SMILES string of the molecule is CC(=O)N=C(C)C.CC(C)(C)C.CCC1CCC(CNC(=O)c2ccc(Cc3cc4c(cc3C)C(C)(C)CCC4(C)C)o2)CC1. The Bertz CT molecular complexity index is 1290. The summed E-state index contributed by atoms with van der Waals surface area (Å²) < 4.78 is 6.00. The smallest absolute Gasteiger partial charge is 0.287 e. The molecule has 0 unspecified atom stereocenters. The van der Waals surface area contributed by atoms with Crippen LogP contribution in [0.3, 0.4) is 0 Å². The normalized spacial score (nSPS) is 19.9. The largest absolute Gasteiger partial charge is 0.456 e. The van der Waals surface area contributed by atoms with Crippen molar-refractivity contribution in [1.82, 2.24) is 5.32 Å². The van der Waals surface area contributed by atoms with Crippen molar-refractivity contribution >= 4 is 17.5 Å². The van der Waals surface area contributed by atoms with Gasteiger partial charge in [-0.05, 0) is 109 Å². The van der Waals surface area contributed by atoms with E-state index in [1.807, 2.05) is 12.1 Å². The number of benzene rings is 1. The molecule has 0 atom stereocenters. The van der Waals surface area contributed by atoms with E-state index in [9.17, 15) is 9.59 Å². The van der Waals surface area contributed by atoms with E-state index >= 15 is 0 Å². The molecule has 1 fully saturated rings. The highest BCUT2D eigenvalue weighted by Crippen LogP contribution is 2.46. The molecule has 1 N–H and O–H groups in total. The van der Waals surface area contributed by atoms with Gasteiger partial charge in [0.05, 0.1) is 0 Å². The highest BCUT2D eigenvalue weighted by molar-refractivity contribution is 5.92. The van der Waals surface area contributed by atoms with Crippen molar-refractivity contribution in [1.29, 1.82) is 0 Å². The van der Waals surface area contributed by atoms with Crippen LogP contribution in [0.4, 0.5) is 0 Å². The average Bonchev–Trinajstić information content (AvgIpc) is 3.38. The number of hydrogen-bond donors (Lipinski definition) is 1. The summed E-state index contributed by atoms with van der Waals surface area (Å²) in [5.74, 6) is 2.58. The van der Waals surface area contributed by atoms with Gasteiger partial charge in [0.25, 0.3) is 5.91 Å². The van der Waals surface area contributed by atoms with Crippen LogP contribution in [0.25, 0.3) is 0 Å². The van der Waals surface area contributed by atoms with Gasteiger partial charge in [-0.3, -0.25) is 9.59 Å². The summed E-state index contributed by atoms with van der Waals surface area (Å²) in [6.45, 7) is 28.5. The molecule has 5 nitrogen and oxygen atoms in total. The molecule has 252 valence electrons. The summed E-state index contributed by atoms with van der Waals surface area (Å²) in [5, 5.41) is 3.12. The molecular weight excluding hydrogens is 556 g/mol. The van der Waals surface area contributed by atoms with Crippen LogP contribution in [0.15, 0.2) is 33.7 Å². The molecule has 2 aromatic rings. The lowest BCUT2D eigenvalue weighted by Gasteiger charge is -2.42. The second-order valence-electron chi connectivity index (χ2n) is 16.6. The molecule has 2 amide bonds. The van der Waals surface area contributed by atoms with Gasteiger partial charge in [0.2, 0.25) is 5.91 Å². The quantitative estimate of drug-likeness (QED) is 0.327. The molecule has 1 aromatic carbocycles. The molecule has 0 radical (unpaired) electrons. The Hall–Kier alpha value is -2.69. The topological polar surface area (TPSA) is 71.7 Å². The fourth-order valence-corrected chi connectivity index (χ4v) is 6.22. The first kappa shape index (κ1) is 38.5. The number of aryl methyl sites for hydroxylation is 1. The lowest BCUT2D eigenvalue weighted by atomic mass is 9.62. The summed E-state index contributed by atoms with van der Waals surface area (Å²) >= 11 is 0. The minimum atomic E-state index is -0.125. The molecule has 2 aliphatic carbocycles. The minimum Gasteiger partial charge on any atom is -0.456 e. The number of nitrogens with zero attached hydrogens (tertiary/aromatic N) is 1. The van der Waals surface area contributed by atoms with E-state index in [0.717, 1.165) is 30.4 Å². The predicted molar refractivity (Wildman–Crippen MR) is 191 cm³/mol. The van der Waals surface area contributed by atoms with E-state index in [-0.39, 0.29) is 22.6 Å². The van der Waals surface area contributed by atoms with Crippen molar-refractivity contribution < 1.29 is 14.0 Å². The van der Waals surface area contributed by atoms with Crippen LogP contribution in [0.5, 0.6) is 0 Å². The number of furan rings is 1. The Morgan fingerprint density at radius 2 is 1.40 bits per heavy atom. The first-order valence-corrected chi connectivity index (χ1v) is 17.3. The van der Waals surface area contributed by atoms with Crippen molar-refractivity contribution in [2.45, 2.75) is 152 Å². The van der Waals surface area contributed by atoms with E-state index in [1.54, 1.807) is 13.8 Å². The molecule has 0 bridgehead atoms. The van der Waals surface area contributed by atoms with Crippen molar-refractivity contribution in [3.05, 3.63) is 58.0 Å². The maximum atomic E-state index is 12.7. The molecule has 0 saturated heterocycles. The van der Waals surface area contributed by atoms with E-state index in [1.165, 1.54) is 74.1 Å². The highest BCUT2D eigenvalue weighted by atomic mass is 16.3. The molecule has 1 saturated carbocycles. The van der Waals surface area contributed by atoms with Crippen molar-refractivity contribution in [3.63, 3.8) is 0 Å². The van der Waals surface area contributed by atoms with Gasteiger partial charge in [0.15, 0.2) is 5.76 Å². The van der Waals surface area contributed by atoms with Crippen LogP contribution < -0.4 is 5.32 Å². The number of carbonyl (C=O) groups excluding carboxylic acids is 2. The molecule has 45 heavy (non-hydrogen) atoms. The third kappa shape index (κ3) is 12.9. The number of fused-ring (bicyclic) bond motifs is 1. The Morgan fingerprint density at radius 1 is 0.889 bits per heavy atom. The average molecular weight is 621 g/mol. The molecule has 1 heterocycles. The van der Waals surface area contributed by atoms with Gasteiger partial charge >= 0.3 is 0 Å². The zero-order chi connectivity index (χ0) is 34.2. The van der Waals surface area contributed by atoms with Crippen molar-refractivity contribution in [2.24, 2.45) is 22.2 Å². The molecule has 0 spiro atoms. The first-order chi connectivity index (χ1) is 20.7. The number of aliphatic imine (C=N–C) groups is 1. The second kappa shape index (κ2) is 16.2. The van der Waals surface area contributed by atoms with Gasteiger partial charge in [-0.2, -0.15) is 0 Å². The van der Waals surface area contributed by atoms with Crippen LogP contribution in [0, 0.1) is 24.2 Å². The van der Waals surface area contributed by atoms with Crippen LogP contribution in [0.1, 0.15) is 167 Å². The fourth-order valence-electron chi connectivity index (χ4n) is 6.22. The first-order valence-electron chi connectivity index (χ1n) is 17.3. The van der Waals surface area contributed by atoms with Gasteiger partial charge in [-0.25, -0.2) is 4.99 Å². The summed E-state index contributed by atoms with van der Waals surface area (Å²) in [6, 6.07) is 8.60. The summed E-state index contributed by atoms with van der Waals surface area (Å²) in [5.41, 5.74) is 7.30. The molecule has 2 aliphatic rings. The van der Waals surface area contributed by atoms with E-state index in [4.69, 9.17) is 4.42 Å². The highest BCUT2D eigenvalue weighted by Gasteiger charge is 2.37. The number of carbonyl (C=O) groups is 2. The Kier molecular flexibility index (Phi) is 13.9. The van der Waals surface area contributed by atoms with Gasteiger partial charge in [0.1, 0.15) is 5.76 Å². The van der Waals surface area contributed by atoms with Crippen LogP contribution in [-0.2, 0) is 22.0 Å². The zero-order valence-electron chi connectivity index (χ0n) is 31.0. The Labute approximate surface area is 275 Å². The third-order valence-electron chi connectivity index (χ3n) is 9.04. The molecule has 1 aromatic heterocycles. The summed E-state index contributed by atoms with van der Waals surface area (Å²) in [7, 11) is 0. The third-order valence-corrected chi connectivity index (χ3v) is 9.04. The second-order valence-corrected chi connectivity index (χ2v) is 16.6. The maximum absolute atomic E-state index is 12.7. The van der Waals surface area contributed by atoms with Crippen LogP contribution >= 0.6 is 0 Å². The van der Waals surface area contributed by atoms with E-state index in [2.05, 4.69) is 91.7 Å². The number of nitrogens with one attached hydrogen (secondary N) is 1. The van der Waals surface area contributed by atoms with Crippen LogP contribution in [-0.4, -0.2) is 24.1 Å². The van der Waals surface area contributed by atoms with Crippen molar-refractivity contribution in [3.8, 4) is 0 Å². The van der Waals surface area contributed by atoms with E-state index < -0.39 is 0 Å². The lowest BCUT2D eigenvalue weighted by Crippen LogP contribution is -2.34. The van der Waals surface area contributed by atoms with Gasteiger partial charge in [-0.1, -0.05) is 93.7 Å². The Balaban J connectivity index is 0.000000500. The van der Waals surface area contributed by atoms with Gasteiger partial charge in [0, 0.05) is 25.6 Å². The zero-order valence-corrected chi connectivity index (χ0v) is 31.0. The van der Waals surface area contributed by atoms with Gasteiger partial charge < -0.3 is 9.73 Å². The summed E-state index contributed by atoms with van der Waals surface area (Å²) in [6.07, 6.45) is 9.51. The maximum Gasteiger partial charge on any atom is 0.287 e. The molecule has 0 aliphatic heterocycles. The predicted octanol–water partition coefficient (Wildman–Crippen LogP) is 10.5. The lowest BCUT2D eigenvalue weighted by molar-refractivity contribution is -0.115. The minimum absolute atomic E-state index is 0.0797. The van der Waals surface area contributed by atoms with E-state index in [0.29, 0.717) is 17.1 Å². The molecule has 4 rings (SSSR count). The van der Waals surface area contributed by atoms with Gasteiger partial charge in [-0.15, -0.1) is 0 Å². The number of hydrogen-bond acceptors (Lipinski definition) is 3. The monoisotopic (exact) mass is 620 g/mol. The molecule has 5 heteroatoms. The van der Waals surface area contributed by atoms with Crippen LogP contribution in [0.2, 0.25) is 0 Å². The number of rotatable bonds is 6. The Morgan fingerprint density at radius 3 is 1.87 bits per heavy atom.